The lowest BCUT2D eigenvalue weighted by Gasteiger charge is -2.48. The lowest BCUT2D eigenvalue weighted by atomic mass is 9.73. The van der Waals surface area contributed by atoms with Gasteiger partial charge in [-0.2, -0.15) is 0 Å². The van der Waals surface area contributed by atoms with Crippen molar-refractivity contribution in [3.05, 3.63) is 30.1 Å². The van der Waals surface area contributed by atoms with Crippen LogP contribution in [0.5, 0.6) is 0 Å². The number of hydrogen-bond donors (Lipinski definition) is 0. The molecule has 1 aromatic heterocycles. The number of rotatable bonds is 6. The van der Waals surface area contributed by atoms with Crippen molar-refractivity contribution in [1.29, 1.82) is 0 Å². The second-order valence-corrected chi connectivity index (χ2v) is 8.40. The number of amides is 2. The molecule has 1 aromatic rings. The van der Waals surface area contributed by atoms with Gasteiger partial charge in [-0.15, -0.1) is 0 Å². The van der Waals surface area contributed by atoms with Gasteiger partial charge in [-0.3, -0.25) is 14.6 Å². The first-order valence-corrected chi connectivity index (χ1v) is 10.1. The molecular formula is C21H32N4O2. The summed E-state index contributed by atoms with van der Waals surface area (Å²) < 4.78 is 0. The summed E-state index contributed by atoms with van der Waals surface area (Å²) in [5, 5.41) is 0. The summed E-state index contributed by atoms with van der Waals surface area (Å²) in [6.45, 7) is 3.90. The summed E-state index contributed by atoms with van der Waals surface area (Å²) in [6, 6.07) is 5.82. The van der Waals surface area contributed by atoms with Crippen molar-refractivity contribution in [2.45, 2.75) is 45.1 Å². The molecule has 0 radical (unpaired) electrons. The molecule has 3 heterocycles. The lowest BCUT2D eigenvalue weighted by Crippen LogP contribution is -2.54. The number of likely N-dealkylation sites (tertiary alicyclic amines) is 2. The van der Waals surface area contributed by atoms with Crippen LogP contribution in [0.25, 0.3) is 0 Å². The summed E-state index contributed by atoms with van der Waals surface area (Å²) >= 11 is 0. The van der Waals surface area contributed by atoms with E-state index in [0.29, 0.717) is 19.4 Å². The fourth-order valence-electron chi connectivity index (χ4n) is 4.39. The molecule has 1 atom stereocenters. The van der Waals surface area contributed by atoms with Crippen molar-refractivity contribution in [1.82, 2.24) is 19.7 Å². The third kappa shape index (κ3) is 5.28. The SMILES string of the molecule is CN(C)CCCC(=O)N1CCCC2(CCC(=O)N(Cc3ccccn3)C2)C1. The minimum Gasteiger partial charge on any atom is -0.342 e. The van der Waals surface area contributed by atoms with E-state index >= 15 is 0 Å². The van der Waals surface area contributed by atoms with Gasteiger partial charge in [0.15, 0.2) is 0 Å². The topological polar surface area (TPSA) is 56.8 Å². The van der Waals surface area contributed by atoms with Crippen LogP contribution in [0, 0.1) is 5.41 Å². The Morgan fingerprint density at radius 3 is 2.85 bits per heavy atom. The van der Waals surface area contributed by atoms with Crippen LogP contribution in [0.4, 0.5) is 0 Å². The van der Waals surface area contributed by atoms with Gasteiger partial charge in [-0.05, 0) is 58.5 Å². The predicted molar refractivity (Wildman–Crippen MR) is 105 cm³/mol. The van der Waals surface area contributed by atoms with Gasteiger partial charge in [0.1, 0.15) is 0 Å². The maximum absolute atomic E-state index is 12.7. The van der Waals surface area contributed by atoms with Crippen molar-refractivity contribution < 1.29 is 9.59 Å². The summed E-state index contributed by atoms with van der Waals surface area (Å²) in [4.78, 5) is 35.6. The monoisotopic (exact) mass is 372 g/mol. The minimum absolute atomic E-state index is 0.0537. The number of hydrogen-bond acceptors (Lipinski definition) is 4. The summed E-state index contributed by atoms with van der Waals surface area (Å²) in [5.74, 6) is 0.477. The second-order valence-electron chi connectivity index (χ2n) is 8.40. The van der Waals surface area contributed by atoms with Crippen LogP contribution in [-0.2, 0) is 16.1 Å². The quantitative estimate of drug-likeness (QED) is 0.768. The maximum Gasteiger partial charge on any atom is 0.222 e. The average molecular weight is 373 g/mol. The minimum atomic E-state index is 0.0537. The highest BCUT2D eigenvalue weighted by molar-refractivity contribution is 5.78. The molecule has 1 spiro atoms. The molecule has 0 aliphatic carbocycles. The van der Waals surface area contributed by atoms with Gasteiger partial charge < -0.3 is 14.7 Å². The molecule has 0 aromatic carbocycles. The number of piperidine rings is 2. The molecule has 6 heteroatoms. The van der Waals surface area contributed by atoms with Crippen LogP contribution in [0.15, 0.2) is 24.4 Å². The first-order valence-electron chi connectivity index (χ1n) is 10.1. The smallest absolute Gasteiger partial charge is 0.222 e. The fourth-order valence-corrected chi connectivity index (χ4v) is 4.39. The molecular weight excluding hydrogens is 340 g/mol. The zero-order chi connectivity index (χ0) is 19.3. The van der Waals surface area contributed by atoms with Crippen LogP contribution in [0.3, 0.4) is 0 Å². The molecule has 2 aliphatic rings. The van der Waals surface area contributed by atoms with Gasteiger partial charge in [-0.1, -0.05) is 6.07 Å². The number of carbonyl (C=O) groups excluding carboxylic acids is 2. The normalized spacial score (nSPS) is 23.3. The van der Waals surface area contributed by atoms with Gasteiger partial charge in [0.05, 0.1) is 12.2 Å². The molecule has 0 bridgehead atoms. The van der Waals surface area contributed by atoms with Crippen molar-refractivity contribution in [2.24, 2.45) is 5.41 Å². The van der Waals surface area contributed by atoms with Crippen LogP contribution >= 0.6 is 0 Å². The number of aromatic nitrogens is 1. The zero-order valence-electron chi connectivity index (χ0n) is 16.7. The molecule has 2 fully saturated rings. The van der Waals surface area contributed by atoms with Crippen molar-refractivity contribution in [2.75, 3.05) is 40.3 Å². The zero-order valence-corrected chi connectivity index (χ0v) is 16.7. The van der Waals surface area contributed by atoms with Gasteiger partial charge in [-0.25, -0.2) is 0 Å². The van der Waals surface area contributed by atoms with Crippen LogP contribution in [-0.4, -0.2) is 71.8 Å². The highest BCUT2D eigenvalue weighted by atomic mass is 16.2. The Bertz CT molecular complexity index is 649. The number of pyridine rings is 1. The number of carbonyl (C=O) groups is 2. The molecule has 0 saturated carbocycles. The first kappa shape index (κ1) is 19.8. The van der Waals surface area contributed by atoms with Crippen molar-refractivity contribution in [3.63, 3.8) is 0 Å². The molecule has 27 heavy (non-hydrogen) atoms. The van der Waals surface area contributed by atoms with Crippen molar-refractivity contribution >= 4 is 11.8 Å². The van der Waals surface area contributed by atoms with E-state index in [9.17, 15) is 9.59 Å². The largest absolute Gasteiger partial charge is 0.342 e. The Morgan fingerprint density at radius 1 is 1.26 bits per heavy atom. The molecule has 2 amide bonds. The van der Waals surface area contributed by atoms with Crippen molar-refractivity contribution in [3.8, 4) is 0 Å². The van der Waals surface area contributed by atoms with E-state index in [1.165, 1.54) is 0 Å². The Kier molecular flexibility index (Phi) is 6.47. The maximum atomic E-state index is 12.7. The van der Waals surface area contributed by atoms with E-state index in [-0.39, 0.29) is 17.2 Å². The van der Waals surface area contributed by atoms with E-state index in [2.05, 4.69) is 9.88 Å². The van der Waals surface area contributed by atoms with Gasteiger partial charge in [0.25, 0.3) is 0 Å². The standard InChI is InChI=1S/C21H32N4O2/c1-23(2)13-5-8-19(26)24-14-6-10-21(16-24)11-9-20(27)25(17-21)15-18-7-3-4-12-22-18/h3-4,7,12H,5-6,8-11,13-17H2,1-2H3. The van der Waals surface area contributed by atoms with Gasteiger partial charge >= 0.3 is 0 Å². The Hall–Kier alpha value is -1.95. The van der Waals surface area contributed by atoms with Gasteiger partial charge in [0, 0.05) is 44.1 Å². The molecule has 148 valence electrons. The highest BCUT2D eigenvalue weighted by Crippen LogP contribution is 2.39. The average Bonchev–Trinajstić information content (AvgIpc) is 2.65. The fraction of sp³-hybridized carbons (Fsp3) is 0.667. The number of nitrogens with zero attached hydrogens (tertiary/aromatic N) is 4. The van der Waals surface area contributed by atoms with Crippen LogP contribution < -0.4 is 0 Å². The molecule has 2 saturated heterocycles. The Balaban J connectivity index is 1.60. The van der Waals surface area contributed by atoms with Crippen LogP contribution in [0.1, 0.15) is 44.2 Å². The Labute approximate surface area is 162 Å². The lowest BCUT2D eigenvalue weighted by molar-refractivity contribution is -0.143. The van der Waals surface area contributed by atoms with Crippen LogP contribution in [0.2, 0.25) is 0 Å². The molecule has 6 nitrogen and oxygen atoms in total. The third-order valence-corrected chi connectivity index (χ3v) is 5.84. The summed E-state index contributed by atoms with van der Waals surface area (Å²) in [7, 11) is 4.07. The second kappa shape index (κ2) is 8.83. The molecule has 3 rings (SSSR count). The van der Waals surface area contributed by atoms with E-state index in [0.717, 1.165) is 57.6 Å². The summed E-state index contributed by atoms with van der Waals surface area (Å²) in [5.41, 5.74) is 0.980. The van der Waals surface area contributed by atoms with E-state index in [4.69, 9.17) is 0 Å². The molecule has 2 aliphatic heterocycles. The van der Waals surface area contributed by atoms with E-state index in [1.54, 1.807) is 6.20 Å². The van der Waals surface area contributed by atoms with E-state index < -0.39 is 0 Å². The first-order chi connectivity index (χ1) is 13.0. The summed E-state index contributed by atoms with van der Waals surface area (Å²) in [6.07, 6.45) is 6.89. The Morgan fingerprint density at radius 2 is 2.11 bits per heavy atom. The van der Waals surface area contributed by atoms with E-state index in [1.807, 2.05) is 42.1 Å². The molecule has 0 N–H and O–H groups in total. The van der Waals surface area contributed by atoms with Gasteiger partial charge in [0.2, 0.25) is 11.8 Å². The molecule has 1 unspecified atom stereocenters. The third-order valence-electron chi connectivity index (χ3n) is 5.84. The highest BCUT2D eigenvalue weighted by Gasteiger charge is 2.42. The predicted octanol–water partition coefficient (Wildman–Crippen LogP) is 2.15.